The Kier molecular flexibility index (Phi) is 6.67. The first-order valence-corrected chi connectivity index (χ1v) is 12.8. The van der Waals surface area contributed by atoms with Crippen molar-refractivity contribution in [3.63, 3.8) is 0 Å². The van der Waals surface area contributed by atoms with Gasteiger partial charge in [0.15, 0.2) is 5.44 Å². The number of amides is 1. The van der Waals surface area contributed by atoms with Crippen molar-refractivity contribution in [3.05, 3.63) is 24.3 Å². The van der Waals surface area contributed by atoms with E-state index in [1.54, 1.807) is 4.90 Å². The van der Waals surface area contributed by atoms with Crippen LogP contribution in [-0.4, -0.2) is 57.2 Å². The van der Waals surface area contributed by atoms with E-state index in [4.69, 9.17) is 4.74 Å². The molecule has 1 saturated carbocycles. The number of anilines is 1. The van der Waals surface area contributed by atoms with Gasteiger partial charge in [-0.1, -0.05) is 12.8 Å². The second kappa shape index (κ2) is 9.07. The summed E-state index contributed by atoms with van der Waals surface area (Å²) in [5.74, 6) is -0.451. The number of rotatable bonds is 6. The Labute approximate surface area is 191 Å². The van der Waals surface area contributed by atoms with Crippen molar-refractivity contribution in [2.75, 3.05) is 31.6 Å². The molecule has 0 N–H and O–H groups in total. The number of benzene rings is 1. The van der Waals surface area contributed by atoms with Crippen LogP contribution in [0.2, 0.25) is 0 Å². The summed E-state index contributed by atoms with van der Waals surface area (Å²) in [4.78, 5) is 14.8. The average Bonchev–Trinajstić information content (AvgIpc) is 3.38. The summed E-state index contributed by atoms with van der Waals surface area (Å²) in [6.45, 7) is 0.952. The molecule has 0 radical (unpaired) electrons. The topological polar surface area (TPSA) is 76.2 Å². The Morgan fingerprint density at radius 1 is 1.03 bits per heavy atom. The zero-order valence-electron chi connectivity index (χ0n) is 18.5. The van der Waals surface area contributed by atoms with Crippen molar-refractivity contribution < 1.29 is 35.9 Å². The van der Waals surface area contributed by atoms with Gasteiger partial charge in [-0.2, -0.15) is 4.31 Å². The first-order chi connectivity index (χ1) is 15.6. The van der Waals surface area contributed by atoms with Crippen LogP contribution < -0.4 is 9.64 Å². The molecule has 11 heteroatoms. The maximum absolute atomic E-state index is 13.3. The summed E-state index contributed by atoms with van der Waals surface area (Å²) in [5, 5.41) is 0. The summed E-state index contributed by atoms with van der Waals surface area (Å²) in [7, 11) is -2.19. The van der Waals surface area contributed by atoms with Gasteiger partial charge in [-0.25, -0.2) is 8.42 Å². The summed E-state index contributed by atoms with van der Waals surface area (Å²) < 4.78 is 74.3. The van der Waals surface area contributed by atoms with Crippen LogP contribution in [0.15, 0.2) is 24.3 Å². The largest absolute Gasteiger partial charge is 0.573 e. The van der Waals surface area contributed by atoms with E-state index in [0.717, 1.165) is 25.7 Å². The van der Waals surface area contributed by atoms with Crippen molar-refractivity contribution in [2.45, 2.75) is 56.7 Å². The highest BCUT2D eigenvalue weighted by molar-refractivity contribution is 7.89. The molecule has 1 spiro atoms. The first kappa shape index (κ1) is 24.3. The molecule has 7 nitrogen and oxygen atoms in total. The molecule has 0 aromatic heterocycles. The molecule has 33 heavy (non-hydrogen) atoms. The molecule has 1 aliphatic carbocycles. The lowest BCUT2D eigenvalue weighted by molar-refractivity contribution is -0.274. The molecule has 3 aliphatic rings. The van der Waals surface area contributed by atoms with Crippen molar-refractivity contribution in [3.8, 4) is 5.75 Å². The van der Waals surface area contributed by atoms with Gasteiger partial charge in [0.1, 0.15) is 5.75 Å². The fraction of sp³-hybridized carbons (Fsp3) is 0.682. The zero-order chi connectivity index (χ0) is 23.9. The maximum atomic E-state index is 13.3. The molecule has 184 valence electrons. The summed E-state index contributed by atoms with van der Waals surface area (Å²) in [5.41, 5.74) is -0.993. The van der Waals surface area contributed by atoms with Gasteiger partial charge in [0.2, 0.25) is 15.9 Å². The number of halogens is 3. The van der Waals surface area contributed by atoms with Crippen LogP contribution in [-0.2, 0) is 19.6 Å². The van der Waals surface area contributed by atoms with Crippen LogP contribution in [0.3, 0.4) is 0 Å². The van der Waals surface area contributed by atoms with Gasteiger partial charge in [0, 0.05) is 38.3 Å². The molecular formula is C22H29F3N2O5S. The quantitative estimate of drug-likeness (QED) is 0.605. The number of carbonyl (C=O) groups excluding carboxylic acids is 1. The van der Waals surface area contributed by atoms with E-state index in [9.17, 15) is 26.4 Å². The lowest BCUT2D eigenvalue weighted by atomic mass is 9.77. The molecule has 1 unspecified atom stereocenters. The standard InChI is InChI=1S/C22H29F3N2O5S/c1-31-19(16-4-2-3-5-16)33(29,30)26-13-10-21(11-14-26)12-15-27(20(21)28)17-6-8-18(9-7-17)32-22(23,24)25/h6-9,16,19H,2-5,10-15H2,1H3. The molecular weight excluding hydrogens is 461 g/mol. The third-order valence-electron chi connectivity index (χ3n) is 7.24. The molecule has 2 heterocycles. The summed E-state index contributed by atoms with van der Waals surface area (Å²) in [6.07, 6.45) is 0.342. The van der Waals surface area contributed by atoms with E-state index in [1.165, 1.54) is 35.7 Å². The molecule has 0 bridgehead atoms. The highest BCUT2D eigenvalue weighted by Crippen LogP contribution is 2.44. The van der Waals surface area contributed by atoms with Gasteiger partial charge in [0.25, 0.3) is 0 Å². The minimum atomic E-state index is -4.77. The number of alkyl halides is 3. The van der Waals surface area contributed by atoms with Gasteiger partial charge in [-0.15, -0.1) is 13.2 Å². The van der Waals surface area contributed by atoms with Crippen LogP contribution in [0, 0.1) is 11.3 Å². The van der Waals surface area contributed by atoms with Gasteiger partial charge in [-0.3, -0.25) is 4.79 Å². The van der Waals surface area contributed by atoms with Crippen molar-refractivity contribution in [1.82, 2.24) is 4.31 Å². The lowest BCUT2D eigenvalue weighted by Crippen LogP contribution is -2.50. The van der Waals surface area contributed by atoms with Crippen LogP contribution >= 0.6 is 0 Å². The maximum Gasteiger partial charge on any atom is 0.573 e. The number of piperidine rings is 1. The highest BCUT2D eigenvalue weighted by Gasteiger charge is 2.51. The molecule has 2 saturated heterocycles. The predicted octanol–water partition coefficient (Wildman–Crippen LogP) is 3.90. The van der Waals surface area contributed by atoms with E-state index in [2.05, 4.69) is 4.74 Å². The van der Waals surface area contributed by atoms with Gasteiger partial charge >= 0.3 is 6.36 Å². The Hall–Kier alpha value is -1.85. The van der Waals surface area contributed by atoms with Crippen LogP contribution in [0.1, 0.15) is 44.9 Å². The third kappa shape index (κ3) is 4.85. The van der Waals surface area contributed by atoms with Gasteiger partial charge in [-0.05, 0) is 56.4 Å². The van der Waals surface area contributed by atoms with Crippen LogP contribution in [0.5, 0.6) is 5.75 Å². The van der Waals surface area contributed by atoms with Crippen LogP contribution in [0.25, 0.3) is 0 Å². The number of ether oxygens (including phenoxy) is 2. The zero-order valence-corrected chi connectivity index (χ0v) is 19.3. The second-order valence-corrected chi connectivity index (χ2v) is 11.1. The highest BCUT2D eigenvalue weighted by atomic mass is 32.2. The first-order valence-electron chi connectivity index (χ1n) is 11.3. The normalized spacial score (nSPS) is 23.4. The smallest absolute Gasteiger partial charge is 0.406 e. The number of hydrogen-bond donors (Lipinski definition) is 0. The number of carbonyl (C=O) groups is 1. The average molecular weight is 491 g/mol. The number of nitrogens with zero attached hydrogens (tertiary/aromatic N) is 2. The van der Waals surface area contributed by atoms with E-state index in [0.29, 0.717) is 31.5 Å². The molecule has 1 aromatic carbocycles. The number of methoxy groups -OCH3 is 1. The van der Waals surface area contributed by atoms with Gasteiger partial charge in [0.05, 0.1) is 5.41 Å². The minimum Gasteiger partial charge on any atom is -0.406 e. The van der Waals surface area contributed by atoms with Crippen molar-refractivity contribution in [1.29, 1.82) is 0 Å². The van der Waals surface area contributed by atoms with Crippen molar-refractivity contribution >= 4 is 21.6 Å². The Morgan fingerprint density at radius 2 is 1.61 bits per heavy atom. The van der Waals surface area contributed by atoms with E-state index in [-0.39, 0.29) is 30.7 Å². The molecule has 4 rings (SSSR count). The SMILES string of the molecule is COC(C1CCCC1)S(=O)(=O)N1CCC2(CCN(c3ccc(OC(F)(F)F)cc3)C2=O)CC1. The van der Waals surface area contributed by atoms with E-state index >= 15 is 0 Å². The van der Waals surface area contributed by atoms with Crippen LogP contribution in [0.4, 0.5) is 18.9 Å². The van der Waals surface area contributed by atoms with Crippen molar-refractivity contribution in [2.24, 2.45) is 11.3 Å². The predicted molar refractivity (Wildman–Crippen MR) is 115 cm³/mol. The molecule has 3 fully saturated rings. The molecule has 1 amide bonds. The lowest BCUT2D eigenvalue weighted by Gasteiger charge is -2.39. The molecule has 2 aliphatic heterocycles. The number of sulfonamides is 1. The number of hydrogen-bond acceptors (Lipinski definition) is 5. The monoisotopic (exact) mass is 490 g/mol. The Morgan fingerprint density at radius 3 is 2.15 bits per heavy atom. The molecule has 1 aromatic rings. The fourth-order valence-electron chi connectivity index (χ4n) is 5.46. The van der Waals surface area contributed by atoms with Gasteiger partial charge < -0.3 is 14.4 Å². The Balaban J connectivity index is 1.41. The fourth-order valence-corrected chi connectivity index (χ4v) is 7.45. The third-order valence-corrected chi connectivity index (χ3v) is 9.49. The second-order valence-electron chi connectivity index (χ2n) is 9.12. The van der Waals surface area contributed by atoms with E-state index < -0.39 is 27.2 Å². The van der Waals surface area contributed by atoms with E-state index in [1.807, 2.05) is 0 Å². The minimum absolute atomic E-state index is 0.00351. The Bertz CT molecular complexity index is 953. The summed E-state index contributed by atoms with van der Waals surface area (Å²) >= 11 is 0. The molecule has 1 atom stereocenters. The summed E-state index contributed by atoms with van der Waals surface area (Å²) in [6, 6.07) is 5.24.